The maximum Gasteiger partial charge on any atom is 0.315 e. The fourth-order valence-corrected chi connectivity index (χ4v) is 2.13. The minimum absolute atomic E-state index is 0.000325. The van der Waals surface area contributed by atoms with E-state index >= 15 is 0 Å². The number of unbranched alkanes of at least 4 members (excludes halogenated alkanes) is 2. The monoisotopic (exact) mass is 227 g/mol. The Morgan fingerprint density at radius 1 is 1.12 bits per heavy atom. The highest BCUT2D eigenvalue weighted by Crippen LogP contribution is 2.16. The molecule has 1 rings (SSSR count). The summed E-state index contributed by atoms with van der Waals surface area (Å²) < 4.78 is 0. The van der Waals surface area contributed by atoms with E-state index in [1.807, 2.05) is 0 Å². The zero-order valence-corrected chi connectivity index (χ0v) is 10.1. The second-order valence-corrected chi connectivity index (χ2v) is 4.58. The van der Waals surface area contributed by atoms with Crippen molar-refractivity contribution in [1.82, 2.24) is 10.6 Å². The quantitative estimate of drug-likeness (QED) is 0.605. The van der Waals surface area contributed by atoms with Gasteiger partial charge >= 0.3 is 6.03 Å². The predicted octanol–water partition coefficient (Wildman–Crippen LogP) is 1.75. The van der Waals surface area contributed by atoms with E-state index in [0.717, 1.165) is 45.2 Å². The van der Waals surface area contributed by atoms with Gasteiger partial charge in [0.05, 0.1) is 0 Å². The summed E-state index contributed by atoms with van der Waals surface area (Å²) in [7, 11) is 0. The molecule has 1 fully saturated rings. The maximum atomic E-state index is 11.5. The first-order valence-electron chi connectivity index (χ1n) is 6.57. The van der Waals surface area contributed by atoms with E-state index in [0.29, 0.717) is 6.04 Å². The molecule has 0 aromatic rings. The summed E-state index contributed by atoms with van der Waals surface area (Å²) in [5.74, 6) is 0. The molecule has 0 saturated heterocycles. The molecule has 2 amide bonds. The highest BCUT2D eigenvalue weighted by Gasteiger charge is 2.14. The molecule has 0 heterocycles. The molecule has 0 aromatic carbocycles. The van der Waals surface area contributed by atoms with Gasteiger partial charge in [-0.05, 0) is 32.2 Å². The molecular formula is C12H25N3O. The third-order valence-electron chi connectivity index (χ3n) is 3.11. The van der Waals surface area contributed by atoms with Crippen molar-refractivity contribution in [3.63, 3.8) is 0 Å². The Balaban J connectivity index is 1.97. The molecule has 1 aliphatic carbocycles. The first-order chi connectivity index (χ1) is 7.83. The van der Waals surface area contributed by atoms with Gasteiger partial charge in [-0.15, -0.1) is 0 Å². The van der Waals surface area contributed by atoms with Gasteiger partial charge in [-0.3, -0.25) is 0 Å². The molecule has 0 bridgehead atoms. The number of amides is 2. The molecule has 1 aliphatic rings. The van der Waals surface area contributed by atoms with Gasteiger partial charge < -0.3 is 16.4 Å². The number of carbonyl (C=O) groups is 1. The molecule has 0 atom stereocenters. The lowest BCUT2D eigenvalue weighted by molar-refractivity contribution is 0.232. The Labute approximate surface area is 98.3 Å². The van der Waals surface area contributed by atoms with Gasteiger partial charge in [0.25, 0.3) is 0 Å². The van der Waals surface area contributed by atoms with Crippen molar-refractivity contribution in [2.24, 2.45) is 5.73 Å². The van der Waals surface area contributed by atoms with E-state index in [1.165, 1.54) is 19.3 Å². The van der Waals surface area contributed by atoms with E-state index in [1.54, 1.807) is 0 Å². The van der Waals surface area contributed by atoms with Gasteiger partial charge in [0.1, 0.15) is 0 Å². The summed E-state index contributed by atoms with van der Waals surface area (Å²) in [5, 5.41) is 5.93. The Morgan fingerprint density at radius 3 is 2.56 bits per heavy atom. The van der Waals surface area contributed by atoms with Crippen molar-refractivity contribution >= 4 is 6.03 Å². The van der Waals surface area contributed by atoms with Gasteiger partial charge in [-0.1, -0.05) is 25.7 Å². The van der Waals surface area contributed by atoms with E-state index in [2.05, 4.69) is 10.6 Å². The van der Waals surface area contributed by atoms with Crippen LogP contribution in [0.25, 0.3) is 0 Å². The fraction of sp³-hybridized carbons (Fsp3) is 0.917. The second-order valence-electron chi connectivity index (χ2n) is 4.58. The van der Waals surface area contributed by atoms with Crippen LogP contribution < -0.4 is 16.4 Å². The number of nitrogens with two attached hydrogens (primary N) is 1. The topological polar surface area (TPSA) is 67.1 Å². The summed E-state index contributed by atoms with van der Waals surface area (Å²) in [6.07, 6.45) is 9.27. The van der Waals surface area contributed by atoms with Crippen molar-refractivity contribution in [3.8, 4) is 0 Å². The molecule has 0 spiro atoms. The minimum atomic E-state index is -0.000325. The largest absolute Gasteiger partial charge is 0.338 e. The second kappa shape index (κ2) is 8.39. The van der Waals surface area contributed by atoms with Crippen LogP contribution in [-0.2, 0) is 0 Å². The van der Waals surface area contributed by atoms with Gasteiger partial charge in [-0.2, -0.15) is 0 Å². The van der Waals surface area contributed by atoms with Crippen molar-refractivity contribution < 1.29 is 4.79 Å². The molecule has 0 aliphatic heterocycles. The molecule has 4 heteroatoms. The van der Waals surface area contributed by atoms with Crippen LogP contribution in [0.2, 0.25) is 0 Å². The Morgan fingerprint density at radius 2 is 1.88 bits per heavy atom. The molecule has 0 aromatic heterocycles. The van der Waals surface area contributed by atoms with E-state index in [9.17, 15) is 4.79 Å². The fourth-order valence-electron chi connectivity index (χ4n) is 2.13. The van der Waals surface area contributed by atoms with Crippen molar-refractivity contribution in [1.29, 1.82) is 0 Å². The van der Waals surface area contributed by atoms with Gasteiger partial charge in [-0.25, -0.2) is 4.79 Å². The summed E-state index contributed by atoms with van der Waals surface area (Å²) in [4.78, 5) is 11.5. The van der Waals surface area contributed by atoms with Crippen LogP contribution in [0.1, 0.15) is 51.4 Å². The summed E-state index contributed by atoms with van der Waals surface area (Å²) in [5.41, 5.74) is 5.39. The lowest BCUT2D eigenvalue weighted by atomic mass is 9.96. The predicted molar refractivity (Wildman–Crippen MR) is 66.3 cm³/mol. The number of nitrogens with one attached hydrogen (secondary N) is 2. The average Bonchev–Trinajstić information content (AvgIpc) is 2.30. The van der Waals surface area contributed by atoms with Crippen LogP contribution in [0.5, 0.6) is 0 Å². The molecule has 1 saturated carbocycles. The summed E-state index contributed by atoms with van der Waals surface area (Å²) >= 11 is 0. The molecule has 4 nitrogen and oxygen atoms in total. The molecule has 4 N–H and O–H groups in total. The Bertz CT molecular complexity index is 191. The lowest BCUT2D eigenvalue weighted by Gasteiger charge is -2.22. The number of hydrogen-bond donors (Lipinski definition) is 3. The SMILES string of the molecule is NCCCCCNC(=O)NC1CCCCC1. The Kier molecular flexibility index (Phi) is 6.97. The molecule has 94 valence electrons. The highest BCUT2D eigenvalue weighted by atomic mass is 16.2. The van der Waals surface area contributed by atoms with Crippen molar-refractivity contribution in [2.45, 2.75) is 57.4 Å². The van der Waals surface area contributed by atoms with E-state index in [-0.39, 0.29) is 6.03 Å². The van der Waals surface area contributed by atoms with Crippen LogP contribution >= 0.6 is 0 Å². The van der Waals surface area contributed by atoms with E-state index < -0.39 is 0 Å². The third kappa shape index (κ3) is 5.95. The zero-order chi connectivity index (χ0) is 11.6. The third-order valence-corrected chi connectivity index (χ3v) is 3.11. The average molecular weight is 227 g/mol. The van der Waals surface area contributed by atoms with Crippen molar-refractivity contribution in [3.05, 3.63) is 0 Å². The molecule has 16 heavy (non-hydrogen) atoms. The lowest BCUT2D eigenvalue weighted by Crippen LogP contribution is -2.43. The van der Waals surface area contributed by atoms with Crippen LogP contribution in [0.3, 0.4) is 0 Å². The summed E-state index contributed by atoms with van der Waals surface area (Å²) in [6.45, 7) is 1.51. The van der Waals surface area contributed by atoms with Gasteiger partial charge in [0.2, 0.25) is 0 Å². The first kappa shape index (κ1) is 13.3. The van der Waals surface area contributed by atoms with Crippen molar-refractivity contribution in [2.75, 3.05) is 13.1 Å². The minimum Gasteiger partial charge on any atom is -0.338 e. The zero-order valence-electron chi connectivity index (χ0n) is 10.1. The van der Waals surface area contributed by atoms with Gasteiger partial charge in [0, 0.05) is 12.6 Å². The number of urea groups is 1. The van der Waals surface area contributed by atoms with Crippen LogP contribution in [0.15, 0.2) is 0 Å². The normalized spacial score (nSPS) is 17.1. The number of carbonyl (C=O) groups excluding carboxylic acids is 1. The maximum absolute atomic E-state index is 11.5. The Hall–Kier alpha value is -0.770. The standard InChI is InChI=1S/C12H25N3O/c13-9-5-2-6-10-14-12(16)15-11-7-3-1-4-8-11/h11H,1-10,13H2,(H2,14,15,16). The number of rotatable bonds is 6. The van der Waals surface area contributed by atoms with Crippen LogP contribution in [0.4, 0.5) is 4.79 Å². The highest BCUT2D eigenvalue weighted by molar-refractivity contribution is 5.74. The molecular weight excluding hydrogens is 202 g/mol. The van der Waals surface area contributed by atoms with Gasteiger partial charge in [0.15, 0.2) is 0 Å². The van der Waals surface area contributed by atoms with Crippen LogP contribution in [-0.4, -0.2) is 25.2 Å². The molecule has 0 radical (unpaired) electrons. The summed E-state index contributed by atoms with van der Waals surface area (Å²) in [6, 6.07) is 0.400. The smallest absolute Gasteiger partial charge is 0.315 e. The first-order valence-corrected chi connectivity index (χ1v) is 6.57. The number of hydrogen-bond acceptors (Lipinski definition) is 2. The molecule has 0 unspecified atom stereocenters. The van der Waals surface area contributed by atoms with E-state index in [4.69, 9.17) is 5.73 Å². The van der Waals surface area contributed by atoms with Crippen LogP contribution in [0, 0.1) is 0 Å².